The van der Waals surface area contributed by atoms with Crippen molar-refractivity contribution in [3.8, 4) is 6.07 Å². The van der Waals surface area contributed by atoms with Gasteiger partial charge in [0.2, 0.25) is 11.8 Å². The molecule has 0 aromatic carbocycles. The highest BCUT2D eigenvalue weighted by Crippen LogP contribution is 2.27. The Labute approximate surface area is 132 Å². The van der Waals surface area contributed by atoms with Gasteiger partial charge in [0.05, 0.1) is 18.5 Å². The van der Waals surface area contributed by atoms with Gasteiger partial charge in [0.25, 0.3) is 0 Å². The number of hydrogen-bond acceptors (Lipinski definition) is 4. The molecular formula is C16H26N4O2. The fourth-order valence-corrected chi connectivity index (χ4v) is 3.41. The molecule has 1 aliphatic heterocycles. The Bertz CT molecular complexity index is 467. The van der Waals surface area contributed by atoms with Crippen LogP contribution >= 0.6 is 0 Å². The van der Waals surface area contributed by atoms with Gasteiger partial charge in [-0.3, -0.25) is 9.59 Å². The number of hydrogen-bond donors (Lipinski definition) is 2. The van der Waals surface area contributed by atoms with E-state index in [1.807, 2.05) is 0 Å². The van der Waals surface area contributed by atoms with Crippen molar-refractivity contribution in [2.75, 3.05) is 13.6 Å². The molecule has 2 fully saturated rings. The molecule has 1 saturated carbocycles. The minimum atomic E-state index is -1.09. The first kappa shape index (κ1) is 16.8. The Kier molecular flexibility index (Phi) is 5.41. The third-order valence-corrected chi connectivity index (χ3v) is 4.98. The van der Waals surface area contributed by atoms with E-state index in [0.29, 0.717) is 25.3 Å². The zero-order valence-electron chi connectivity index (χ0n) is 13.3. The molecule has 122 valence electrons. The first-order valence-electron chi connectivity index (χ1n) is 8.18. The Morgan fingerprint density at radius 3 is 2.77 bits per heavy atom. The number of carbonyl (C=O) groups is 2. The van der Waals surface area contributed by atoms with Crippen molar-refractivity contribution in [3.63, 3.8) is 0 Å². The molecule has 6 heteroatoms. The second-order valence-corrected chi connectivity index (χ2v) is 6.77. The molecule has 1 heterocycles. The van der Waals surface area contributed by atoms with Crippen molar-refractivity contribution < 1.29 is 9.59 Å². The van der Waals surface area contributed by atoms with Crippen molar-refractivity contribution >= 4 is 11.8 Å². The van der Waals surface area contributed by atoms with Crippen LogP contribution in [0.3, 0.4) is 0 Å². The zero-order chi connectivity index (χ0) is 16.2. The maximum Gasteiger partial charge on any atom is 0.238 e. The van der Waals surface area contributed by atoms with Crippen molar-refractivity contribution in [2.45, 2.75) is 62.9 Å². The fraction of sp³-hybridized carbons (Fsp3) is 0.812. The van der Waals surface area contributed by atoms with E-state index in [9.17, 15) is 14.9 Å². The van der Waals surface area contributed by atoms with Crippen LogP contribution in [0, 0.1) is 17.2 Å². The van der Waals surface area contributed by atoms with Gasteiger partial charge in [-0.25, -0.2) is 0 Å². The van der Waals surface area contributed by atoms with Gasteiger partial charge in [0.1, 0.15) is 5.54 Å². The smallest absolute Gasteiger partial charge is 0.238 e. The minimum Gasteiger partial charge on any atom is -0.346 e. The predicted molar refractivity (Wildman–Crippen MR) is 82.5 cm³/mol. The van der Waals surface area contributed by atoms with Crippen molar-refractivity contribution in [1.82, 2.24) is 10.2 Å². The number of amides is 2. The molecule has 0 aromatic heterocycles. The lowest BCUT2D eigenvalue weighted by Crippen LogP contribution is -2.58. The lowest BCUT2D eigenvalue weighted by Gasteiger charge is -2.36. The molecule has 2 unspecified atom stereocenters. The summed E-state index contributed by atoms with van der Waals surface area (Å²) in [5, 5.41) is 12.2. The van der Waals surface area contributed by atoms with Crippen LogP contribution in [0.25, 0.3) is 0 Å². The number of nitrogens with zero attached hydrogens (tertiary/aromatic N) is 2. The van der Waals surface area contributed by atoms with Crippen molar-refractivity contribution in [2.24, 2.45) is 11.7 Å². The molecular weight excluding hydrogens is 280 g/mol. The fourth-order valence-electron chi connectivity index (χ4n) is 3.41. The second-order valence-electron chi connectivity index (χ2n) is 6.77. The molecule has 0 radical (unpaired) electrons. The van der Waals surface area contributed by atoms with Crippen LogP contribution in [-0.2, 0) is 9.59 Å². The highest BCUT2D eigenvalue weighted by molar-refractivity contribution is 5.85. The number of carbonyl (C=O) groups excluding carboxylic acids is 2. The monoisotopic (exact) mass is 306 g/mol. The largest absolute Gasteiger partial charge is 0.346 e. The van der Waals surface area contributed by atoms with Crippen LogP contribution in [0.2, 0.25) is 0 Å². The lowest BCUT2D eigenvalue weighted by molar-refractivity contribution is -0.135. The summed E-state index contributed by atoms with van der Waals surface area (Å²) in [7, 11) is 1.71. The molecule has 0 aromatic rings. The van der Waals surface area contributed by atoms with Gasteiger partial charge >= 0.3 is 0 Å². The molecule has 1 aliphatic carbocycles. The molecule has 2 rings (SSSR count). The molecule has 0 spiro atoms. The lowest BCUT2D eigenvalue weighted by atomic mass is 9.84. The van der Waals surface area contributed by atoms with Crippen LogP contribution in [0.4, 0.5) is 0 Å². The summed E-state index contributed by atoms with van der Waals surface area (Å²) >= 11 is 0. The molecule has 6 nitrogen and oxygen atoms in total. The predicted octanol–water partition coefficient (Wildman–Crippen LogP) is 0.915. The summed E-state index contributed by atoms with van der Waals surface area (Å²) in [6.45, 7) is 0.477. The molecule has 22 heavy (non-hydrogen) atoms. The first-order chi connectivity index (χ1) is 10.5. The number of nitriles is 1. The average Bonchev–Trinajstić information content (AvgIpc) is 2.52. The highest BCUT2D eigenvalue weighted by Gasteiger charge is 2.40. The molecule has 2 amide bonds. The van der Waals surface area contributed by atoms with E-state index in [2.05, 4.69) is 11.4 Å². The van der Waals surface area contributed by atoms with Gasteiger partial charge in [-0.15, -0.1) is 0 Å². The molecule has 1 saturated heterocycles. The van der Waals surface area contributed by atoms with Gasteiger partial charge in [-0.2, -0.15) is 5.26 Å². The molecule has 3 N–H and O–H groups in total. The number of nitrogens with two attached hydrogens (primary N) is 1. The van der Waals surface area contributed by atoms with Gasteiger partial charge in [0.15, 0.2) is 0 Å². The van der Waals surface area contributed by atoms with Gasteiger partial charge in [0, 0.05) is 20.0 Å². The number of likely N-dealkylation sites (tertiary alicyclic amines) is 1. The molecule has 0 bridgehead atoms. The summed E-state index contributed by atoms with van der Waals surface area (Å²) in [6.07, 6.45) is 7.10. The van der Waals surface area contributed by atoms with Crippen LogP contribution in [0.15, 0.2) is 0 Å². The van der Waals surface area contributed by atoms with E-state index >= 15 is 0 Å². The van der Waals surface area contributed by atoms with E-state index in [4.69, 9.17) is 5.73 Å². The average molecular weight is 306 g/mol. The Hall–Kier alpha value is -1.61. The standard InChI is InChI=1S/C16H26N4O2/c1-20-8-7-16(11-17,10-14(20)21)19-15(22)13(18)9-12-5-3-2-4-6-12/h12-13H,2-10,18H2,1H3,(H,19,22). The van der Waals surface area contributed by atoms with Gasteiger partial charge in [-0.1, -0.05) is 32.1 Å². The number of nitrogens with one attached hydrogen (secondary N) is 1. The second kappa shape index (κ2) is 7.10. The van der Waals surface area contributed by atoms with Crippen LogP contribution in [0.1, 0.15) is 51.4 Å². The Morgan fingerprint density at radius 1 is 1.50 bits per heavy atom. The van der Waals surface area contributed by atoms with Crippen LogP contribution in [0.5, 0.6) is 0 Å². The first-order valence-corrected chi connectivity index (χ1v) is 8.18. The minimum absolute atomic E-state index is 0.0297. The quantitative estimate of drug-likeness (QED) is 0.806. The third kappa shape index (κ3) is 3.98. The molecule has 2 aliphatic rings. The van der Waals surface area contributed by atoms with E-state index in [1.54, 1.807) is 11.9 Å². The Morgan fingerprint density at radius 2 is 2.18 bits per heavy atom. The topological polar surface area (TPSA) is 99.2 Å². The summed E-state index contributed by atoms with van der Waals surface area (Å²) in [5.74, 6) is 0.0880. The maximum absolute atomic E-state index is 12.3. The Balaban J connectivity index is 1.91. The van der Waals surface area contributed by atoms with Crippen molar-refractivity contribution in [3.05, 3.63) is 0 Å². The van der Waals surface area contributed by atoms with Crippen molar-refractivity contribution in [1.29, 1.82) is 5.26 Å². The summed E-state index contributed by atoms with van der Waals surface area (Å²) in [5.41, 5.74) is 4.93. The van der Waals surface area contributed by atoms with E-state index in [1.165, 1.54) is 19.3 Å². The number of piperidine rings is 1. The van der Waals surface area contributed by atoms with E-state index in [0.717, 1.165) is 12.8 Å². The van der Waals surface area contributed by atoms with Gasteiger partial charge in [-0.05, 0) is 12.3 Å². The summed E-state index contributed by atoms with van der Waals surface area (Å²) in [6, 6.07) is 1.53. The SMILES string of the molecule is CN1CCC(C#N)(NC(=O)C(N)CC2CCCCC2)CC1=O. The zero-order valence-corrected chi connectivity index (χ0v) is 13.3. The summed E-state index contributed by atoms with van der Waals surface area (Å²) in [4.78, 5) is 25.7. The van der Waals surface area contributed by atoms with Gasteiger partial charge < -0.3 is 16.0 Å². The molecule has 2 atom stereocenters. The summed E-state index contributed by atoms with van der Waals surface area (Å²) < 4.78 is 0. The number of rotatable bonds is 4. The van der Waals surface area contributed by atoms with E-state index in [-0.39, 0.29) is 18.2 Å². The van der Waals surface area contributed by atoms with E-state index < -0.39 is 11.6 Å². The third-order valence-electron chi connectivity index (χ3n) is 4.98. The van der Waals surface area contributed by atoms with Crippen LogP contribution < -0.4 is 11.1 Å². The van der Waals surface area contributed by atoms with Crippen LogP contribution in [-0.4, -0.2) is 41.9 Å². The highest BCUT2D eigenvalue weighted by atomic mass is 16.2. The normalized spacial score (nSPS) is 28.0. The maximum atomic E-state index is 12.3.